The van der Waals surface area contributed by atoms with Crippen LogP contribution in [0.1, 0.15) is 26.9 Å². The molecule has 0 atom stereocenters. The minimum atomic E-state index is -0.615. The van der Waals surface area contributed by atoms with Crippen LogP contribution in [0, 0.1) is 10.1 Å². The third-order valence-electron chi connectivity index (χ3n) is 3.82. The first-order valence-electron chi connectivity index (χ1n) is 8.66. The zero-order valence-corrected chi connectivity index (χ0v) is 15.8. The summed E-state index contributed by atoms with van der Waals surface area (Å²) in [6.07, 6.45) is 2.30. The molecule has 2 N–H and O–H groups in total. The van der Waals surface area contributed by atoms with E-state index in [0.29, 0.717) is 11.3 Å². The van der Waals surface area contributed by atoms with E-state index in [1.165, 1.54) is 18.0 Å². The molecule has 3 rings (SSSR count). The first-order valence-corrected chi connectivity index (χ1v) is 8.66. The smallest absolute Gasteiger partial charge is 0.316 e. The SMILES string of the molecule is COc1cccc(C(=O)NCCNC(=O)c2nc(Cn3cc([N+](=O)[O-])cn3)no2)c1. The van der Waals surface area contributed by atoms with Gasteiger partial charge in [0.05, 0.1) is 12.0 Å². The lowest BCUT2D eigenvalue weighted by molar-refractivity contribution is -0.385. The maximum absolute atomic E-state index is 12.1. The van der Waals surface area contributed by atoms with Crippen molar-refractivity contribution in [3.63, 3.8) is 0 Å². The van der Waals surface area contributed by atoms with Gasteiger partial charge >= 0.3 is 17.5 Å². The molecular formula is C17H17N7O6. The molecule has 0 saturated heterocycles. The van der Waals surface area contributed by atoms with Gasteiger partial charge in [0.1, 0.15) is 24.7 Å². The second-order valence-corrected chi connectivity index (χ2v) is 5.91. The van der Waals surface area contributed by atoms with E-state index in [0.717, 1.165) is 6.20 Å². The molecule has 156 valence electrons. The Morgan fingerprint density at radius 3 is 2.73 bits per heavy atom. The van der Waals surface area contributed by atoms with E-state index in [-0.39, 0.29) is 42.9 Å². The van der Waals surface area contributed by atoms with E-state index in [1.807, 2.05) is 0 Å². The Balaban J connectivity index is 1.45. The second-order valence-electron chi connectivity index (χ2n) is 5.91. The van der Waals surface area contributed by atoms with Crippen LogP contribution in [-0.2, 0) is 6.54 Å². The Morgan fingerprint density at radius 2 is 2.03 bits per heavy atom. The van der Waals surface area contributed by atoms with Gasteiger partial charge in [0.2, 0.25) is 0 Å². The fourth-order valence-electron chi connectivity index (χ4n) is 2.38. The highest BCUT2D eigenvalue weighted by atomic mass is 16.6. The number of hydrogen-bond acceptors (Lipinski definition) is 9. The van der Waals surface area contributed by atoms with Crippen molar-refractivity contribution < 1.29 is 23.8 Å². The number of methoxy groups -OCH3 is 1. The minimum absolute atomic E-state index is 0.00121. The molecule has 0 unspecified atom stereocenters. The highest BCUT2D eigenvalue weighted by Gasteiger charge is 2.16. The predicted octanol–water partition coefficient (Wildman–Crippen LogP) is 0.391. The monoisotopic (exact) mass is 415 g/mol. The molecule has 3 aromatic rings. The second kappa shape index (κ2) is 9.27. The van der Waals surface area contributed by atoms with Crippen LogP contribution in [0.2, 0.25) is 0 Å². The number of ether oxygens (including phenoxy) is 1. The fraction of sp³-hybridized carbons (Fsp3) is 0.235. The summed E-state index contributed by atoms with van der Waals surface area (Å²) in [6.45, 7) is 0.318. The van der Waals surface area contributed by atoms with E-state index in [9.17, 15) is 19.7 Å². The van der Waals surface area contributed by atoms with Gasteiger partial charge in [0.15, 0.2) is 5.82 Å². The van der Waals surface area contributed by atoms with Crippen LogP contribution in [0.4, 0.5) is 5.69 Å². The lowest BCUT2D eigenvalue weighted by Crippen LogP contribution is -2.34. The topological polar surface area (TPSA) is 167 Å². The van der Waals surface area contributed by atoms with E-state index >= 15 is 0 Å². The lowest BCUT2D eigenvalue weighted by atomic mass is 10.2. The summed E-state index contributed by atoms with van der Waals surface area (Å²) >= 11 is 0. The van der Waals surface area contributed by atoms with Crippen LogP contribution in [0.15, 0.2) is 41.2 Å². The average Bonchev–Trinajstić information content (AvgIpc) is 3.41. The summed E-state index contributed by atoms with van der Waals surface area (Å²) in [5, 5.41) is 23.3. The molecule has 0 bridgehead atoms. The van der Waals surface area contributed by atoms with Crippen LogP contribution in [0.5, 0.6) is 5.75 Å². The van der Waals surface area contributed by atoms with Crippen molar-refractivity contribution in [2.24, 2.45) is 0 Å². The predicted molar refractivity (Wildman–Crippen MR) is 99.9 cm³/mol. The zero-order chi connectivity index (χ0) is 21.5. The van der Waals surface area contributed by atoms with Gasteiger partial charge in [0.25, 0.3) is 5.91 Å². The van der Waals surface area contributed by atoms with Gasteiger partial charge in [-0.1, -0.05) is 11.2 Å². The number of nitrogens with one attached hydrogen (secondary N) is 2. The van der Waals surface area contributed by atoms with Crippen molar-refractivity contribution in [1.82, 2.24) is 30.6 Å². The molecule has 30 heavy (non-hydrogen) atoms. The van der Waals surface area contributed by atoms with E-state index in [4.69, 9.17) is 9.26 Å². The molecule has 13 nitrogen and oxygen atoms in total. The molecule has 1 aromatic carbocycles. The van der Waals surface area contributed by atoms with Crippen LogP contribution >= 0.6 is 0 Å². The van der Waals surface area contributed by atoms with Crippen molar-refractivity contribution in [2.75, 3.05) is 20.2 Å². The van der Waals surface area contributed by atoms with Gasteiger partial charge in [-0.25, -0.2) is 0 Å². The molecule has 2 aromatic heterocycles. The normalized spacial score (nSPS) is 10.4. The number of amides is 2. The van der Waals surface area contributed by atoms with Gasteiger partial charge in [-0.05, 0) is 18.2 Å². The highest BCUT2D eigenvalue weighted by molar-refractivity contribution is 5.94. The van der Waals surface area contributed by atoms with Gasteiger partial charge in [0, 0.05) is 18.7 Å². The molecule has 0 spiro atoms. The third kappa shape index (κ3) is 5.15. The molecule has 13 heteroatoms. The first-order chi connectivity index (χ1) is 14.5. The van der Waals surface area contributed by atoms with Crippen molar-refractivity contribution in [3.8, 4) is 5.75 Å². The zero-order valence-electron chi connectivity index (χ0n) is 15.8. The fourth-order valence-corrected chi connectivity index (χ4v) is 2.38. The molecule has 0 aliphatic heterocycles. The summed E-state index contributed by atoms with van der Waals surface area (Å²) in [5.41, 5.74) is 0.258. The van der Waals surface area contributed by atoms with Gasteiger partial charge < -0.3 is 19.9 Å². The largest absolute Gasteiger partial charge is 0.497 e. The molecule has 2 heterocycles. The molecule has 2 amide bonds. The first kappa shape index (κ1) is 20.4. The minimum Gasteiger partial charge on any atom is -0.497 e. The van der Waals surface area contributed by atoms with E-state index in [1.54, 1.807) is 24.3 Å². The quantitative estimate of drug-likeness (QED) is 0.285. The summed E-state index contributed by atoms with van der Waals surface area (Å²) in [6, 6.07) is 6.67. The molecule has 0 aliphatic carbocycles. The summed E-state index contributed by atoms with van der Waals surface area (Å²) in [7, 11) is 1.51. The van der Waals surface area contributed by atoms with Crippen molar-refractivity contribution in [2.45, 2.75) is 6.54 Å². The number of nitrogens with zero attached hydrogens (tertiary/aromatic N) is 5. The van der Waals surface area contributed by atoms with Crippen molar-refractivity contribution in [1.29, 1.82) is 0 Å². The average molecular weight is 415 g/mol. The van der Waals surface area contributed by atoms with Crippen LogP contribution in [-0.4, -0.2) is 56.9 Å². The van der Waals surface area contributed by atoms with Crippen LogP contribution in [0.3, 0.4) is 0 Å². The van der Waals surface area contributed by atoms with Gasteiger partial charge in [-0.2, -0.15) is 10.1 Å². The Kier molecular flexibility index (Phi) is 6.32. The Morgan fingerprint density at radius 1 is 1.27 bits per heavy atom. The Labute approximate surface area is 169 Å². The van der Waals surface area contributed by atoms with Crippen LogP contribution in [0.25, 0.3) is 0 Å². The Hall–Kier alpha value is -4.29. The van der Waals surface area contributed by atoms with E-state index in [2.05, 4.69) is 25.9 Å². The summed E-state index contributed by atoms with van der Waals surface area (Å²) in [4.78, 5) is 38.1. The van der Waals surface area contributed by atoms with Gasteiger partial charge in [-0.15, -0.1) is 0 Å². The molecular weight excluding hydrogens is 398 g/mol. The lowest BCUT2D eigenvalue weighted by Gasteiger charge is -2.07. The standard InChI is InChI=1S/C17H17N7O6/c1-29-13-4-2-3-11(7-13)15(25)18-5-6-19-16(26)17-21-14(22-30-17)10-23-9-12(8-20-23)24(27)28/h2-4,7-9H,5-6,10H2,1H3,(H,18,25)(H,19,26). The summed E-state index contributed by atoms with van der Waals surface area (Å²) in [5.74, 6) is -0.504. The Bertz CT molecular complexity index is 1060. The van der Waals surface area contributed by atoms with Crippen molar-refractivity contribution in [3.05, 3.63) is 64.1 Å². The number of hydrogen-bond donors (Lipinski definition) is 2. The molecule has 0 radical (unpaired) electrons. The molecule has 0 saturated carbocycles. The number of rotatable bonds is 9. The number of aromatic nitrogens is 4. The maximum atomic E-state index is 12.1. The van der Waals surface area contributed by atoms with E-state index < -0.39 is 10.8 Å². The van der Waals surface area contributed by atoms with Crippen molar-refractivity contribution >= 4 is 17.5 Å². The number of nitro groups is 1. The number of benzene rings is 1. The number of carbonyl (C=O) groups excluding carboxylic acids is 2. The third-order valence-corrected chi connectivity index (χ3v) is 3.82. The number of carbonyl (C=O) groups is 2. The van der Waals surface area contributed by atoms with Gasteiger partial charge in [-0.3, -0.25) is 24.4 Å². The molecule has 0 aliphatic rings. The molecule has 0 fully saturated rings. The maximum Gasteiger partial charge on any atom is 0.316 e. The highest BCUT2D eigenvalue weighted by Crippen LogP contribution is 2.12. The summed E-state index contributed by atoms with van der Waals surface area (Å²) < 4.78 is 11.2. The van der Waals surface area contributed by atoms with Crippen LogP contribution < -0.4 is 15.4 Å².